The Morgan fingerprint density at radius 2 is 1.43 bits per heavy atom. The third kappa shape index (κ3) is 12.4. The Kier molecular flexibility index (Phi) is 16.7. The van der Waals surface area contributed by atoms with E-state index in [1.807, 2.05) is 0 Å². The summed E-state index contributed by atoms with van der Waals surface area (Å²) in [6.07, 6.45) is -11.1. The van der Waals surface area contributed by atoms with Gasteiger partial charge in [-0.05, 0) is 0 Å². The van der Waals surface area contributed by atoms with Crippen molar-refractivity contribution in [2.45, 2.75) is 61.4 Å². The van der Waals surface area contributed by atoms with Gasteiger partial charge in [-0.3, -0.25) is 46.9 Å². The van der Waals surface area contributed by atoms with E-state index in [2.05, 4.69) is 48.5 Å². The molecule has 2 aliphatic rings. The Morgan fingerprint density at radius 1 is 0.776 bits per heavy atom. The minimum absolute atomic E-state index is 0.0186. The van der Waals surface area contributed by atoms with Crippen molar-refractivity contribution in [1.29, 1.82) is 0 Å². The topological polar surface area (TPSA) is 554 Å². The van der Waals surface area contributed by atoms with Gasteiger partial charge in [-0.2, -0.15) is 13.6 Å². The number of nitrogen functional groups attached to an aromatic ring is 3. The normalized spacial score (nSPS) is 26.1. The Morgan fingerprint density at radius 3 is 2.14 bits per heavy atom. The molecule has 6 aromatic rings. The molecule has 39 nitrogen and oxygen atoms in total. The van der Waals surface area contributed by atoms with E-state index >= 15 is 0 Å². The molecule has 0 saturated carbocycles. The zero-order valence-electron chi connectivity index (χ0n) is 39.1. The maximum absolute atomic E-state index is 13.2. The zero-order chi connectivity index (χ0) is 55.2. The summed E-state index contributed by atoms with van der Waals surface area (Å²) in [5.41, 5.74) is 15.6. The number of hydrogen-bond donors (Lipinski definition) is 11. The number of ether oxygens (including phenoxy) is 5. The first-order chi connectivity index (χ1) is 35.7. The first-order valence-corrected chi connectivity index (χ1v) is 27.4. The van der Waals surface area contributed by atoms with Crippen LogP contribution in [0.3, 0.4) is 0 Å². The van der Waals surface area contributed by atoms with Gasteiger partial charge >= 0.3 is 29.1 Å². The van der Waals surface area contributed by atoms with Crippen LogP contribution in [-0.4, -0.2) is 174 Å². The summed E-state index contributed by atoms with van der Waals surface area (Å²) in [6.45, 7) is -4.89. The number of methoxy groups -OCH3 is 2. The molecule has 14 atom stereocenters. The Hall–Kier alpha value is -5.15. The van der Waals surface area contributed by atoms with Crippen LogP contribution in [0.25, 0.3) is 33.5 Å². The van der Waals surface area contributed by atoms with Crippen molar-refractivity contribution in [3.8, 4) is 0 Å². The standard InChI is InChI=1S/C33H47N15O24P4/c1-45-12-48(27-19(45)29(53)44-33(36)42-27)31-22(51)23(63-3)15(70-31)7-67-75(58,59)72-76(60,61)71-74(56,57)65-5-13(68-16(8-62-2)46-10-39-17-24(34)37-9-38-25(17)46)4-64-73(54,55)66-6-14-20(49)21(50)30(69-14)47-11-40-18-26(47)41-32(35)43-28(18)52/h9-16,20-23,30-31,49-51H,4-8H2,1-3H3,(H11-,34,35,36,37,38,41,42,43,44,52,53,54,55,56,57,58,59,60,61)/t13-,14+,15+,16+,20-,21?,22-,23?,30+,31+/m0/s1. The number of nitrogens with zero attached hydrogens (tertiary/aromatic N) is 10. The van der Waals surface area contributed by atoms with Crippen LogP contribution < -0.4 is 37.8 Å². The van der Waals surface area contributed by atoms with Crippen molar-refractivity contribution in [2.24, 2.45) is 7.05 Å². The molecule has 2 fully saturated rings. The molecule has 14 N–H and O–H groups in total. The Labute approximate surface area is 422 Å². The lowest BCUT2D eigenvalue weighted by Crippen LogP contribution is -2.46. The van der Waals surface area contributed by atoms with Crippen LogP contribution in [0.15, 0.2) is 34.9 Å². The largest absolute Gasteiger partial charge is 0.756 e. The van der Waals surface area contributed by atoms with Gasteiger partial charge in [0.25, 0.3) is 24.9 Å². The first kappa shape index (κ1) is 57.0. The molecule has 418 valence electrons. The molecular weight excluding hydrogens is 1110 g/mol. The van der Waals surface area contributed by atoms with Gasteiger partial charge in [0, 0.05) is 14.2 Å². The molecule has 8 heterocycles. The van der Waals surface area contributed by atoms with Crippen LogP contribution in [0, 0.1) is 0 Å². The number of phosphoric acid groups is 4. The van der Waals surface area contributed by atoms with E-state index < -0.39 is 137 Å². The summed E-state index contributed by atoms with van der Waals surface area (Å²) in [5, 5.41) is 32.6. The number of nitrogens with two attached hydrogens (primary N) is 3. The van der Waals surface area contributed by atoms with Crippen LogP contribution in [0.1, 0.15) is 18.7 Å². The highest BCUT2D eigenvalue weighted by molar-refractivity contribution is 7.66. The summed E-state index contributed by atoms with van der Waals surface area (Å²) in [6, 6.07) is 0. The number of H-pyrrole nitrogens is 2. The van der Waals surface area contributed by atoms with Gasteiger partial charge in [-0.15, -0.1) is 0 Å². The highest BCUT2D eigenvalue weighted by atomic mass is 31.3. The van der Waals surface area contributed by atoms with E-state index in [1.54, 1.807) is 0 Å². The second-order valence-electron chi connectivity index (χ2n) is 16.3. The number of fused-ring (bicyclic) bond motifs is 3. The minimum Gasteiger partial charge on any atom is -0.756 e. The lowest BCUT2D eigenvalue weighted by atomic mass is 10.1. The fourth-order valence-corrected chi connectivity index (χ4v) is 12.2. The molecule has 0 aromatic carbocycles. The molecule has 0 aliphatic carbocycles. The summed E-state index contributed by atoms with van der Waals surface area (Å²) < 4.78 is 113. The number of nitrogens with one attached hydrogen (secondary N) is 2. The van der Waals surface area contributed by atoms with Crippen molar-refractivity contribution in [3.63, 3.8) is 0 Å². The van der Waals surface area contributed by atoms with Crippen LogP contribution >= 0.6 is 31.3 Å². The SMILES string of the molecule is COC[C@@H](O[C@@H](COP(=O)([O-])OC[C@H]1O[C@@H](n2cnc3c(=O)[nH]c(N)nc32)C(O)[C@H]1O)COP(=O)(O)OP(=O)(O)OP(=O)(O)OC[C@H]1O[C@@H]([n+]2cn(C)c3c(=O)[nH]c(N)nc32)[C@@H](O)C1OC)n1cnc2c(N)ncnc21. The lowest BCUT2D eigenvalue weighted by molar-refractivity contribution is -0.745. The van der Waals surface area contributed by atoms with E-state index in [1.165, 1.54) is 34.2 Å². The van der Waals surface area contributed by atoms with Crippen molar-refractivity contribution >= 4 is 82.5 Å². The maximum Gasteiger partial charge on any atom is 0.490 e. The predicted octanol–water partition coefficient (Wildman–Crippen LogP) is -4.44. The van der Waals surface area contributed by atoms with E-state index in [4.69, 9.17) is 59.0 Å². The fourth-order valence-electron chi connectivity index (χ4n) is 7.86. The fraction of sp³-hybridized carbons (Fsp3) is 0.545. The van der Waals surface area contributed by atoms with Gasteiger partial charge in [0.1, 0.15) is 54.6 Å². The van der Waals surface area contributed by atoms with Gasteiger partial charge < -0.3 is 84.8 Å². The summed E-state index contributed by atoms with van der Waals surface area (Å²) in [5.74, 6) is -0.663. The zero-order valence-corrected chi connectivity index (χ0v) is 42.7. The number of aromatic nitrogens is 12. The number of aliphatic hydroxyl groups excluding tert-OH is 3. The smallest absolute Gasteiger partial charge is 0.490 e. The third-order valence-electron chi connectivity index (χ3n) is 11.1. The molecule has 0 spiro atoms. The van der Waals surface area contributed by atoms with E-state index in [9.17, 15) is 62.7 Å². The highest BCUT2D eigenvalue weighted by Crippen LogP contribution is 2.68. The second-order valence-corrected chi connectivity index (χ2v) is 22.3. The third-order valence-corrected chi connectivity index (χ3v) is 16.3. The van der Waals surface area contributed by atoms with Crippen LogP contribution in [-0.2, 0) is 75.7 Å². The highest BCUT2D eigenvalue weighted by Gasteiger charge is 2.50. The number of imidazole rings is 3. The van der Waals surface area contributed by atoms with Crippen LogP contribution in [0.4, 0.5) is 17.7 Å². The average Bonchev–Trinajstić information content (AvgIpc) is 4.15. The number of hydrogen-bond acceptors (Lipinski definition) is 30. The van der Waals surface area contributed by atoms with E-state index in [0.29, 0.717) is 0 Å². The van der Waals surface area contributed by atoms with Crippen LogP contribution in [0.2, 0.25) is 0 Å². The monoisotopic (exact) mass is 1160 g/mol. The summed E-state index contributed by atoms with van der Waals surface area (Å²) >= 11 is 0. The number of phosphoric ester groups is 3. The molecule has 0 radical (unpaired) electrons. The molecule has 8 rings (SSSR count). The van der Waals surface area contributed by atoms with Crippen molar-refractivity contribution in [1.82, 2.24) is 53.6 Å². The average molecular weight is 1160 g/mol. The molecule has 0 amide bonds. The van der Waals surface area contributed by atoms with Gasteiger partial charge in [-0.1, -0.05) is 4.98 Å². The van der Waals surface area contributed by atoms with E-state index in [0.717, 1.165) is 30.7 Å². The Balaban J connectivity index is 0.918. The van der Waals surface area contributed by atoms with Crippen molar-refractivity contribution in [3.05, 3.63) is 46.0 Å². The Bertz CT molecular complexity index is 3410. The molecule has 2 saturated heterocycles. The molecule has 6 aromatic heterocycles. The van der Waals surface area contributed by atoms with Gasteiger partial charge in [-0.25, -0.2) is 38.2 Å². The lowest BCUT2D eigenvalue weighted by Gasteiger charge is -2.29. The number of anilines is 3. The second kappa shape index (κ2) is 22.3. The number of aromatic amines is 2. The first-order valence-electron chi connectivity index (χ1n) is 21.4. The van der Waals surface area contributed by atoms with Crippen molar-refractivity contribution in [2.75, 3.05) is 64.5 Å². The number of aliphatic hydroxyl groups is 3. The summed E-state index contributed by atoms with van der Waals surface area (Å²) in [7, 11) is -19.7. The maximum atomic E-state index is 13.2. The van der Waals surface area contributed by atoms with Crippen molar-refractivity contribution < 1.29 is 108 Å². The molecule has 6 unspecified atom stereocenters. The quantitative estimate of drug-likeness (QED) is 0.0201. The van der Waals surface area contributed by atoms with Gasteiger partial charge in [0.05, 0.1) is 52.7 Å². The molecule has 2 aliphatic heterocycles. The van der Waals surface area contributed by atoms with E-state index in [-0.39, 0.29) is 51.2 Å². The molecule has 43 heteroatoms. The molecule has 0 bridgehead atoms. The summed E-state index contributed by atoms with van der Waals surface area (Å²) in [4.78, 5) is 97.9. The van der Waals surface area contributed by atoms with Gasteiger partial charge in [0.15, 0.2) is 41.4 Å². The number of aryl methyl sites for hydroxylation is 1. The number of rotatable bonds is 24. The molecular formula is C33H47N15O24P4. The van der Waals surface area contributed by atoms with Crippen LogP contribution in [0.5, 0.6) is 0 Å². The molecule has 76 heavy (non-hydrogen) atoms. The predicted molar refractivity (Wildman–Crippen MR) is 244 cm³/mol. The minimum atomic E-state index is -6.19. The van der Waals surface area contributed by atoms with Gasteiger partial charge in [0.2, 0.25) is 17.7 Å².